The fourth-order valence-electron chi connectivity index (χ4n) is 2.68. The summed E-state index contributed by atoms with van der Waals surface area (Å²) in [5, 5.41) is 3.30. The molecule has 5 nitrogen and oxygen atoms in total. The Bertz CT molecular complexity index is 596. The van der Waals surface area contributed by atoms with Gasteiger partial charge in [0, 0.05) is 6.61 Å². The SMILES string of the molecule is CNC(c1ccc2[nH]c(=O)[nH]c2c1)C1CCCO1. The average molecular weight is 247 g/mol. The highest BCUT2D eigenvalue weighted by atomic mass is 16.5. The van der Waals surface area contributed by atoms with E-state index in [2.05, 4.69) is 15.3 Å². The van der Waals surface area contributed by atoms with Crippen molar-refractivity contribution in [2.45, 2.75) is 25.0 Å². The van der Waals surface area contributed by atoms with Crippen LogP contribution in [0.15, 0.2) is 23.0 Å². The topological polar surface area (TPSA) is 69.9 Å². The molecule has 0 amide bonds. The molecule has 1 saturated heterocycles. The summed E-state index contributed by atoms with van der Waals surface area (Å²) >= 11 is 0. The van der Waals surface area contributed by atoms with Crippen LogP contribution in [0.3, 0.4) is 0 Å². The van der Waals surface area contributed by atoms with Crippen LogP contribution in [0.2, 0.25) is 0 Å². The van der Waals surface area contributed by atoms with E-state index >= 15 is 0 Å². The van der Waals surface area contributed by atoms with Gasteiger partial charge in [-0.3, -0.25) is 0 Å². The third-order valence-corrected chi connectivity index (χ3v) is 3.55. The number of likely N-dealkylation sites (N-methyl/N-ethyl adjacent to an activating group) is 1. The molecule has 0 saturated carbocycles. The zero-order valence-corrected chi connectivity index (χ0v) is 10.3. The van der Waals surface area contributed by atoms with E-state index < -0.39 is 0 Å². The third kappa shape index (κ3) is 1.95. The molecule has 0 aliphatic carbocycles. The van der Waals surface area contributed by atoms with Crippen molar-refractivity contribution in [2.75, 3.05) is 13.7 Å². The molecule has 0 radical (unpaired) electrons. The molecule has 18 heavy (non-hydrogen) atoms. The Hall–Kier alpha value is -1.59. The van der Waals surface area contributed by atoms with Crippen molar-refractivity contribution >= 4 is 11.0 Å². The standard InChI is InChI=1S/C13H17N3O2/c1-14-12(11-3-2-6-18-11)8-4-5-9-10(7-8)16-13(17)15-9/h4-5,7,11-12,14H,2-3,6H2,1H3,(H2,15,16,17). The summed E-state index contributed by atoms with van der Waals surface area (Å²) in [4.78, 5) is 16.8. The molecular formula is C13H17N3O2. The summed E-state index contributed by atoms with van der Waals surface area (Å²) < 4.78 is 5.74. The van der Waals surface area contributed by atoms with Crippen LogP contribution < -0.4 is 11.0 Å². The Morgan fingerprint density at radius 2 is 2.22 bits per heavy atom. The molecule has 0 spiro atoms. The van der Waals surface area contributed by atoms with E-state index in [4.69, 9.17) is 4.74 Å². The normalized spacial score (nSPS) is 21.5. The molecule has 2 atom stereocenters. The first kappa shape index (κ1) is 11.5. The van der Waals surface area contributed by atoms with Gasteiger partial charge in [-0.2, -0.15) is 0 Å². The van der Waals surface area contributed by atoms with Crippen LogP contribution in [0.4, 0.5) is 0 Å². The predicted molar refractivity (Wildman–Crippen MR) is 69.7 cm³/mol. The number of rotatable bonds is 3. The second-order valence-electron chi connectivity index (χ2n) is 4.70. The summed E-state index contributed by atoms with van der Waals surface area (Å²) in [5.41, 5.74) is 2.66. The van der Waals surface area contributed by atoms with Crippen molar-refractivity contribution in [1.82, 2.24) is 15.3 Å². The number of fused-ring (bicyclic) bond motifs is 1. The van der Waals surface area contributed by atoms with Gasteiger partial charge in [0.2, 0.25) is 0 Å². The highest BCUT2D eigenvalue weighted by Gasteiger charge is 2.26. The van der Waals surface area contributed by atoms with Crippen molar-refractivity contribution in [2.24, 2.45) is 0 Å². The van der Waals surface area contributed by atoms with Gasteiger partial charge in [-0.15, -0.1) is 0 Å². The molecule has 1 aliphatic rings. The monoisotopic (exact) mass is 247 g/mol. The summed E-state index contributed by atoms with van der Waals surface area (Å²) in [6.07, 6.45) is 2.41. The Kier molecular flexibility index (Phi) is 2.93. The van der Waals surface area contributed by atoms with Gasteiger partial charge in [0.25, 0.3) is 0 Å². The molecule has 2 aromatic rings. The van der Waals surface area contributed by atoms with Crippen molar-refractivity contribution in [1.29, 1.82) is 0 Å². The maximum absolute atomic E-state index is 11.2. The Balaban J connectivity index is 1.98. The minimum Gasteiger partial charge on any atom is -0.376 e. The van der Waals surface area contributed by atoms with Crippen molar-refractivity contribution in [3.8, 4) is 0 Å². The number of H-pyrrole nitrogens is 2. The van der Waals surface area contributed by atoms with Gasteiger partial charge in [-0.1, -0.05) is 6.07 Å². The van der Waals surface area contributed by atoms with Crippen molar-refractivity contribution in [3.05, 3.63) is 34.2 Å². The van der Waals surface area contributed by atoms with Gasteiger partial charge in [-0.25, -0.2) is 4.79 Å². The molecule has 1 aromatic carbocycles. The molecule has 1 fully saturated rings. The zero-order chi connectivity index (χ0) is 12.5. The highest BCUT2D eigenvalue weighted by Crippen LogP contribution is 2.27. The lowest BCUT2D eigenvalue weighted by Crippen LogP contribution is -2.28. The van der Waals surface area contributed by atoms with Gasteiger partial charge >= 0.3 is 5.69 Å². The lowest BCUT2D eigenvalue weighted by Gasteiger charge is -2.22. The van der Waals surface area contributed by atoms with Gasteiger partial charge in [0.15, 0.2) is 0 Å². The first-order valence-corrected chi connectivity index (χ1v) is 6.29. The van der Waals surface area contributed by atoms with Gasteiger partial charge in [-0.05, 0) is 37.6 Å². The maximum Gasteiger partial charge on any atom is 0.323 e. The first-order chi connectivity index (χ1) is 8.78. The molecule has 96 valence electrons. The van der Waals surface area contributed by atoms with E-state index in [0.29, 0.717) is 0 Å². The van der Waals surface area contributed by atoms with E-state index in [-0.39, 0.29) is 17.8 Å². The Morgan fingerprint density at radius 3 is 2.94 bits per heavy atom. The van der Waals surface area contributed by atoms with Crippen LogP contribution in [-0.4, -0.2) is 29.7 Å². The van der Waals surface area contributed by atoms with E-state index in [9.17, 15) is 4.79 Å². The predicted octanol–water partition coefficient (Wildman–Crippen LogP) is 1.30. The summed E-state index contributed by atoms with van der Waals surface area (Å²) in [6.45, 7) is 0.839. The van der Waals surface area contributed by atoms with E-state index in [1.54, 1.807) is 0 Å². The number of aromatic amines is 2. The molecule has 1 aliphatic heterocycles. The number of ether oxygens (including phenoxy) is 1. The van der Waals surface area contributed by atoms with E-state index in [1.807, 2.05) is 25.2 Å². The second kappa shape index (κ2) is 4.59. The van der Waals surface area contributed by atoms with Crippen LogP contribution in [0.1, 0.15) is 24.4 Å². The summed E-state index contributed by atoms with van der Waals surface area (Å²) in [5.74, 6) is 0. The van der Waals surface area contributed by atoms with Gasteiger partial charge in [0.05, 0.1) is 23.2 Å². The molecule has 3 N–H and O–H groups in total. The number of benzene rings is 1. The average Bonchev–Trinajstić information content (AvgIpc) is 2.97. The molecule has 2 heterocycles. The first-order valence-electron chi connectivity index (χ1n) is 6.29. The van der Waals surface area contributed by atoms with E-state index in [0.717, 1.165) is 36.0 Å². The largest absolute Gasteiger partial charge is 0.376 e. The lowest BCUT2D eigenvalue weighted by atomic mass is 9.99. The Morgan fingerprint density at radius 1 is 1.39 bits per heavy atom. The van der Waals surface area contributed by atoms with Crippen molar-refractivity contribution < 1.29 is 4.74 Å². The number of aromatic nitrogens is 2. The van der Waals surface area contributed by atoms with Crippen LogP contribution in [0.25, 0.3) is 11.0 Å². The summed E-state index contributed by atoms with van der Waals surface area (Å²) in [6, 6.07) is 6.16. The Labute approximate surface area is 105 Å². The summed E-state index contributed by atoms with van der Waals surface area (Å²) in [7, 11) is 1.94. The van der Waals surface area contributed by atoms with Gasteiger partial charge in [0.1, 0.15) is 0 Å². The minimum atomic E-state index is -0.166. The number of imidazole rings is 1. The highest BCUT2D eigenvalue weighted by molar-refractivity contribution is 5.75. The zero-order valence-electron chi connectivity index (χ0n) is 10.3. The molecular weight excluding hydrogens is 230 g/mol. The second-order valence-corrected chi connectivity index (χ2v) is 4.70. The van der Waals surface area contributed by atoms with Crippen LogP contribution >= 0.6 is 0 Å². The molecule has 2 unspecified atom stereocenters. The van der Waals surface area contributed by atoms with Crippen LogP contribution in [-0.2, 0) is 4.74 Å². The number of hydrogen-bond donors (Lipinski definition) is 3. The number of hydrogen-bond acceptors (Lipinski definition) is 3. The maximum atomic E-state index is 11.2. The van der Waals surface area contributed by atoms with Gasteiger partial charge < -0.3 is 20.0 Å². The minimum absolute atomic E-state index is 0.166. The fourth-order valence-corrected chi connectivity index (χ4v) is 2.68. The number of nitrogens with one attached hydrogen (secondary N) is 3. The molecule has 0 bridgehead atoms. The smallest absolute Gasteiger partial charge is 0.323 e. The van der Waals surface area contributed by atoms with E-state index in [1.165, 1.54) is 0 Å². The van der Waals surface area contributed by atoms with Crippen molar-refractivity contribution in [3.63, 3.8) is 0 Å². The molecule has 3 rings (SSSR count). The lowest BCUT2D eigenvalue weighted by molar-refractivity contribution is 0.0808. The quantitative estimate of drug-likeness (QED) is 0.765. The van der Waals surface area contributed by atoms with Crippen LogP contribution in [0.5, 0.6) is 0 Å². The van der Waals surface area contributed by atoms with Crippen LogP contribution in [0, 0.1) is 0 Å². The fraction of sp³-hybridized carbons (Fsp3) is 0.462. The third-order valence-electron chi connectivity index (χ3n) is 3.55. The molecule has 5 heteroatoms. The molecule has 1 aromatic heterocycles.